The summed E-state index contributed by atoms with van der Waals surface area (Å²) in [5, 5.41) is 2.95. The molecule has 16 heavy (non-hydrogen) atoms. The largest absolute Gasteiger partial charge is 0.397 e. The lowest BCUT2D eigenvalue weighted by atomic mass is 10.3. The monoisotopic (exact) mass is 241 g/mol. The number of anilines is 1. The lowest BCUT2D eigenvalue weighted by Gasteiger charge is -2.13. The van der Waals surface area contributed by atoms with E-state index in [4.69, 9.17) is 5.73 Å². The first kappa shape index (κ1) is 13.0. The Morgan fingerprint density at radius 2 is 2.38 bits per heavy atom. The van der Waals surface area contributed by atoms with E-state index in [1.165, 1.54) is 0 Å². The molecule has 1 atom stereocenters. The molecule has 1 unspecified atom stereocenters. The van der Waals surface area contributed by atoms with Gasteiger partial charge >= 0.3 is 0 Å². The van der Waals surface area contributed by atoms with Gasteiger partial charge in [0.15, 0.2) is 0 Å². The number of hydrogen-bond acceptors (Lipinski definition) is 3. The van der Waals surface area contributed by atoms with Gasteiger partial charge in [-0.3, -0.25) is 4.79 Å². The van der Waals surface area contributed by atoms with Crippen molar-refractivity contribution in [1.82, 2.24) is 9.88 Å². The fraction of sp³-hybridized carbons (Fsp3) is 0.545. The molecule has 1 aromatic rings. The molecule has 1 amide bonds. The highest BCUT2D eigenvalue weighted by Gasteiger charge is 2.13. The number of rotatable bonds is 5. The van der Waals surface area contributed by atoms with E-state index in [1.807, 2.05) is 25.7 Å². The molecular formula is C11H19N3OS. The molecule has 0 fully saturated rings. The Balaban J connectivity index is 2.55. The second kappa shape index (κ2) is 5.84. The van der Waals surface area contributed by atoms with Gasteiger partial charge in [-0.25, -0.2) is 0 Å². The zero-order chi connectivity index (χ0) is 12.1. The van der Waals surface area contributed by atoms with Gasteiger partial charge in [0.2, 0.25) is 0 Å². The average Bonchev–Trinajstić information content (AvgIpc) is 2.54. The van der Waals surface area contributed by atoms with Crippen LogP contribution in [0.25, 0.3) is 0 Å². The van der Waals surface area contributed by atoms with Gasteiger partial charge in [-0.1, -0.05) is 6.92 Å². The first-order valence-electron chi connectivity index (χ1n) is 5.35. The zero-order valence-electron chi connectivity index (χ0n) is 9.99. The molecule has 90 valence electrons. The molecule has 1 heterocycles. The van der Waals surface area contributed by atoms with Gasteiger partial charge in [-0.2, -0.15) is 11.8 Å². The van der Waals surface area contributed by atoms with E-state index in [2.05, 4.69) is 12.2 Å². The van der Waals surface area contributed by atoms with Crippen LogP contribution in [-0.4, -0.2) is 28.0 Å². The summed E-state index contributed by atoms with van der Waals surface area (Å²) in [6, 6.07) is 1.86. The fourth-order valence-corrected chi connectivity index (χ4v) is 2.12. The van der Waals surface area contributed by atoms with E-state index in [0.29, 0.717) is 11.4 Å². The summed E-state index contributed by atoms with van der Waals surface area (Å²) in [6.07, 6.45) is 1.74. The van der Waals surface area contributed by atoms with Gasteiger partial charge in [0, 0.05) is 25.0 Å². The Kier molecular flexibility index (Phi) is 4.73. The van der Waals surface area contributed by atoms with Crippen LogP contribution in [0.15, 0.2) is 12.3 Å². The molecule has 0 aromatic carbocycles. The second-order valence-corrected chi connectivity index (χ2v) is 5.12. The quantitative estimate of drug-likeness (QED) is 0.821. The summed E-state index contributed by atoms with van der Waals surface area (Å²) in [7, 11) is 1.82. The number of aromatic nitrogens is 1. The topological polar surface area (TPSA) is 60.1 Å². The maximum atomic E-state index is 11.9. The van der Waals surface area contributed by atoms with Crippen LogP contribution < -0.4 is 11.1 Å². The Hall–Kier alpha value is -1.10. The highest BCUT2D eigenvalue weighted by atomic mass is 32.2. The summed E-state index contributed by atoms with van der Waals surface area (Å²) < 4.78 is 1.74. The van der Waals surface area contributed by atoms with Gasteiger partial charge < -0.3 is 15.6 Å². The van der Waals surface area contributed by atoms with Crippen molar-refractivity contribution in [3.05, 3.63) is 18.0 Å². The minimum Gasteiger partial charge on any atom is -0.397 e. The predicted octanol–water partition coefficient (Wildman–Crippen LogP) is 1.48. The summed E-state index contributed by atoms with van der Waals surface area (Å²) in [5.74, 6) is 1.93. The van der Waals surface area contributed by atoms with Crippen LogP contribution in [0, 0.1) is 0 Å². The highest BCUT2D eigenvalue weighted by Crippen LogP contribution is 2.09. The standard InChI is InChI=1S/C11H19N3OS/c1-4-16-7-8(2)13-11(15)10-5-9(12)6-14(10)3/h5-6,8H,4,7,12H2,1-3H3,(H,13,15). The number of aryl methyl sites for hydroxylation is 1. The third kappa shape index (κ3) is 3.48. The van der Waals surface area contributed by atoms with E-state index in [-0.39, 0.29) is 11.9 Å². The Morgan fingerprint density at radius 3 is 2.88 bits per heavy atom. The van der Waals surface area contributed by atoms with Crippen LogP contribution in [0.3, 0.4) is 0 Å². The van der Waals surface area contributed by atoms with Gasteiger partial charge in [-0.05, 0) is 18.7 Å². The van der Waals surface area contributed by atoms with E-state index >= 15 is 0 Å². The average molecular weight is 241 g/mol. The summed E-state index contributed by atoms with van der Waals surface area (Å²) in [6.45, 7) is 4.12. The zero-order valence-corrected chi connectivity index (χ0v) is 10.8. The predicted molar refractivity (Wildman–Crippen MR) is 69.8 cm³/mol. The third-order valence-electron chi connectivity index (χ3n) is 2.21. The van der Waals surface area contributed by atoms with Crippen LogP contribution in [-0.2, 0) is 7.05 Å². The lowest BCUT2D eigenvalue weighted by molar-refractivity contribution is 0.0935. The van der Waals surface area contributed by atoms with Crippen molar-refractivity contribution in [2.24, 2.45) is 7.05 Å². The Bertz CT molecular complexity index is 362. The molecule has 1 aromatic heterocycles. The van der Waals surface area contributed by atoms with Gasteiger partial charge in [-0.15, -0.1) is 0 Å². The summed E-state index contributed by atoms with van der Waals surface area (Å²) >= 11 is 1.82. The second-order valence-electron chi connectivity index (χ2n) is 3.80. The van der Waals surface area contributed by atoms with Crippen LogP contribution >= 0.6 is 11.8 Å². The van der Waals surface area contributed by atoms with E-state index < -0.39 is 0 Å². The van der Waals surface area contributed by atoms with E-state index in [1.54, 1.807) is 16.8 Å². The van der Waals surface area contributed by atoms with Crippen molar-refractivity contribution >= 4 is 23.4 Å². The van der Waals surface area contributed by atoms with Crippen molar-refractivity contribution in [3.63, 3.8) is 0 Å². The number of nitrogens with one attached hydrogen (secondary N) is 1. The molecular weight excluding hydrogens is 222 g/mol. The molecule has 4 nitrogen and oxygen atoms in total. The Morgan fingerprint density at radius 1 is 1.69 bits per heavy atom. The fourth-order valence-electron chi connectivity index (χ4n) is 1.45. The summed E-state index contributed by atoms with van der Waals surface area (Å²) in [4.78, 5) is 11.9. The lowest BCUT2D eigenvalue weighted by Crippen LogP contribution is -2.35. The van der Waals surface area contributed by atoms with Crippen molar-refractivity contribution in [3.8, 4) is 0 Å². The molecule has 0 bridgehead atoms. The number of hydrogen-bond donors (Lipinski definition) is 2. The first-order chi connectivity index (χ1) is 7.54. The normalized spacial score (nSPS) is 12.4. The SMILES string of the molecule is CCSCC(C)NC(=O)c1cc(N)cn1C. The molecule has 3 N–H and O–H groups in total. The number of nitrogen functional groups attached to an aromatic ring is 1. The number of thioether (sulfide) groups is 1. The van der Waals surface area contributed by atoms with Gasteiger partial charge in [0.05, 0.1) is 5.69 Å². The van der Waals surface area contributed by atoms with Crippen LogP contribution in [0.2, 0.25) is 0 Å². The molecule has 0 spiro atoms. The number of nitrogens with two attached hydrogens (primary N) is 1. The van der Waals surface area contributed by atoms with Gasteiger partial charge in [0.1, 0.15) is 5.69 Å². The van der Waals surface area contributed by atoms with E-state index in [0.717, 1.165) is 11.5 Å². The number of carbonyl (C=O) groups is 1. The van der Waals surface area contributed by atoms with Crippen LogP contribution in [0.5, 0.6) is 0 Å². The number of amides is 1. The molecule has 0 radical (unpaired) electrons. The minimum absolute atomic E-state index is 0.0663. The maximum absolute atomic E-state index is 11.9. The van der Waals surface area contributed by atoms with Crippen LogP contribution in [0.1, 0.15) is 24.3 Å². The van der Waals surface area contributed by atoms with Crippen LogP contribution in [0.4, 0.5) is 5.69 Å². The van der Waals surface area contributed by atoms with Crippen molar-refractivity contribution in [2.45, 2.75) is 19.9 Å². The third-order valence-corrected chi connectivity index (χ3v) is 3.35. The minimum atomic E-state index is -0.0663. The van der Waals surface area contributed by atoms with Crippen molar-refractivity contribution < 1.29 is 4.79 Å². The molecule has 1 rings (SSSR count). The first-order valence-corrected chi connectivity index (χ1v) is 6.50. The van der Waals surface area contributed by atoms with Crippen molar-refractivity contribution in [2.75, 3.05) is 17.2 Å². The highest BCUT2D eigenvalue weighted by molar-refractivity contribution is 7.99. The van der Waals surface area contributed by atoms with Crippen molar-refractivity contribution in [1.29, 1.82) is 0 Å². The summed E-state index contributed by atoms with van der Waals surface area (Å²) in [5.41, 5.74) is 6.84. The number of carbonyl (C=O) groups excluding carboxylic acids is 1. The van der Waals surface area contributed by atoms with Gasteiger partial charge in [0.25, 0.3) is 5.91 Å². The molecule has 0 aliphatic heterocycles. The molecule has 0 aliphatic carbocycles. The molecule has 0 saturated carbocycles. The molecule has 5 heteroatoms. The number of nitrogens with zero attached hydrogens (tertiary/aromatic N) is 1. The molecule has 0 aliphatic rings. The smallest absolute Gasteiger partial charge is 0.268 e. The molecule has 0 saturated heterocycles. The Labute approximate surface area is 101 Å². The maximum Gasteiger partial charge on any atom is 0.268 e. The van der Waals surface area contributed by atoms with E-state index in [9.17, 15) is 4.79 Å².